The summed E-state index contributed by atoms with van der Waals surface area (Å²) in [5.41, 5.74) is -0.995. The van der Waals surface area contributed by atoms with E-state index in [0.717, 1.165) is 12.8 Å². The zero-order valence-corrected chi connectivity index (χ0v) is 9.01. The lowest BCUT2D eigenvalue weighted by Gasteiger charge is -2.25. The van der Waals surface area contributed by atoms with E-state index < -0.39 is 11.5 Å². The van der Waals surface area contributed by atoms with E-state index in [9.17, 15) is 9.59 Å². The number of carbonyl (C=O) groups excluding carboxylic acids is 1. The average Bonchev–Trinajstić information content (AvgIpc) is 2.64. The number of rotatable bonds is 5. The fourth-order valence-electron chi connectivity index (χ4n) is 1.94. The van der Waals surface area contributed by atoms with Crippen LogP contribution in [-0.4, -0.2) is 36.1 Å². The van der Waals surface area contributed by atoms with Crippen molar-refractivity contribution in [3.05, 3.63) is 0 Å². The lowest BCUT2D eigenvalue weighted by atomic mass is 9.97. The minimum Gasteiger partial charge on any atom is -0.480 e. The maximum Gasteiger partial charge on any atom is 0.329 e. The summed E-state index contributed by atoms with van der Waals surface area (Å²) >= 11 is 0. The molecular formula is C10H18N2O3. The van der Waals surface area contributed by atoms with Crippen LogP contribution in [0.15, 0.2) is 0 Å². The molecule has 0 aromatic heterocycles. The standard InChI is InChI=1S/C10H18N2O3/c1-11-7-4-8(13)12-10(9(14)15)5-2-3-6-10/h11H,2-7H2,1H3,(H,12,13)(H,14,15). The van der Waals surface area contributed by atoms with Gasteiger partial charge in [-0.1, -0.05) is 12.8 Å². The van der Waals surface area contributed by atoms with Crippen molar-refractivity contribution in [2.24, 2.45) is 0 Å². The van der Waals surface area contributed by atoms with Crippen molar-refractivity contribution < 1.29 is 14.7 Å². The molecular weight excluding hydrogens is 196 g/mol. The van der Waals surface area contributed by atoms with E-state index in [-0.39, 0.29) is 5.91 Å². The molecule has 0 aliphatic heterocycles. The summed E-state index contributed by atoms with van der Waals surface area (Å²) in [4.78, 5) is 22.6. The quantitative estimate of drug-likeness (QED) is 0.607. The first-order valence-electron chi connectivity index (χ1n) is 5.30. The molecule has 3 N–H and O–H groups in total. The molecule has 1 aliphatic carbocycles. The van der Waals surface area contributed by atoms with Crippen LogP contribution in [0.2, 0.25) is 0 Å². The van der Waals surface area contributed by atoms with Gasteiger partial charge in [0.2, 0.25) is 5.91 Å². The molecule has 1 aliphatic rings. The molecule has 0 spiro atoms. The first-order valence-corrected chi connectivity index (χ1v) is 5.30. The molecule has 1 amide bonds. The summed E-state index contributed by atoms with van der Waals surface area (Å²) in [5.74, 6) is -1.09. The van der Waals surface area contributed by atoms with Gasteiger partial charge in [0.05, 0.1) is 0 Å². The number of amides is 1. The van der Waals surface area contributed by atoms with Gasteiger partial charge in [0.25, 0.3) is 0 Å². The van der Waals surface area contributed by atoms with Gasteiger partial charge in [-0.3, -0.25) is 4.79 Å². The van der Waals surface area contributed by atoms with Crippen LogP contribution >= 0.6 is 0 Å². The minimum atomic E-state index is -0.995. The Hall–Kier alpha value is -1.10. The third kappa shape index (κ3) is 2.92. The van der Waals surface area contributed by atoms with Crippen LogP contribution < -0.4 is 10.6 Å². The SMILES string of the molecule is CNCCC(=O)NC1(C(=O)O)CCCC1. The van der Waals surface area contributed by atoms with Gasteiger partial charge in [0.15, 0.2) is 0 Å². The maximum atomic E-state index is 11.5. The van der Waals surface area contributed by atoms with Crippen LogP contribution in [0.1, 0.15) is 32.1 Å². The highest BCUT2D eigenvalue weighted by atomic mass is 16.4. The number of carboxylic acids is 1. The lowest BCUT2D eigenvalue weighted by Crippen LogP contribution is -2.52. The zero-order chi connectivity index (χ0) is 11.3. The van der Waals surface area contributed by atoms with E-state index in [1.54, 1.807) is 7.05 Å². The van der Waals surface area contributed by atoms with Crippen molar-refractivity contribution in [2.75, 3.05) is 13.6 Å². The normalized spacial score (nSPS) is 18.7. The third-order valence-electron chi connectivity index (χ3n) is 2.85. The summed E-state index contributed by atoms with van der Waals surface area (Å²) < 4.78 is 0. The van der Waals surface area contributed by atoms with Crippen molar-refractivity contribution in [1.82, 2.24) is 10.6 Å². The Bertz CT molecular complexity index is 247. The Morgan fingerprint density at radius 1 is 1.33 bits per heavy atom. The summed E-state index contributed by atoms with van der Waals surface area (Å²) in [7, 11) is 1.76. The molecule has 0 heterocycles. The first-order chi connectivity index (χ1) is 7.10. The highest BCUT2D eigenvalue weighted by molar-refractivity contribution is 5.87. The van der Waals surface area contributed by atoms with Crippen LogP contribution in [0.3, 0.4) is 0 Å². The Balaban J connectivity index is 2.52. The fourth-order valence-corrected chi connectivity index (χ4v) is 1.94. The van der Waals surface area contributed by atoms with E-state index in [1.807, 2.05) is 0 Å². The molecule has 5 nitrogen and oxygen atoms in total. The smallest absolute Gasteiger partial charge is 0.329 e. The fraction of sp³-hybridized carbons (Fsp3) is 0.800. The molecule has 0 saturated heterocycles. The van der Waals surface area contributed by atoms with E-state index in [4.69, 9.17) is 5.11 Å². The van der Waals surface area contributed by atoms with Crippen molar-refractivity contribution in [1.29, 1.82) is 0 Å². The van der Waals surface area contributed by atoms with Gasteiger partial charge in [-0.05, 0) is 19.9 Å². The number of hydrogen-bond acceptors (Lipinski definition) is 3. The molecule has 1 rings (SSSR count). The second kappa shape index (κ2) is 5.11. The topological polar surface area (TPSA) is 78.4 Å². The van der Waals surface area contributed by atoms with E-state index in [0.29, 0.717) is 25.8 Å². The van der Waals surface area contributed by atoms with E-state index in [2.05, 4.69) is 10.6 Å². The van der Waals surface area contributed by atoms with Gasteiger partial charge in [-0.15, -0.1) is 0 Å². The van der Waals surface area contributed by atoms with Crippen LogP contribution in [0.25, 0.3) is 0 Å². The third-order valence-corrected chi connectivity index (χ3v) is 2.85. The molecule has 1 saturated carbocycles. The van der Waals surface area contributed by atoms with Crippen molar-refractivity contribution in [3.63, 3.8) is 0 Å². The lowest BCUT2D eigenvalue weighted by molar-refractivity contribution is -0.147. The summed E-state index contributed by atoms with van der Waals surface area (Å²) in [5, 5.41) is 14.6. The predicted molar refractivity (Wildman–Crippen MR) is 55.5 cm³/mol. The molecule has 1 fully saturated rings. The Morgan fingerprint density at radius 2 is 1.93 bits per heavy atom. The minimum absolute atomic E-state index is 0.186. The van der Waals surface area contributed by atoms with Gasteiger partial charge >= 0.3 is 5.97 Å². The largest absolute Gasteiger partial charge is 0.480 e. The molecule has 0 radical (unpaired) electrons. The maximum absolute atomic E-state index is 11.5. The highest BCUT2D eigenvalue weighted by Gasteiger charge is 2.42. The van der Waals surface area contributed by atoms with Crippen LogP contribution in [0.5, 0.6) is 0 Å². The molecule has 0 bridgehead atoms. The Labute approximate surface area is 89.2 Å². The monoisotopic (exact) mass is 214 g/mol. The molecule has 0 aromatic carbocycles. The first kappa shape index (κ1) is 12.0. The zero-order valence-electron chi connectivity index (χ0n) is 9.01. The van der Waals surface area contributed by atoms with Gasteiger partial charge in [0.1, 0.15) is 5.54 Å². The summed E-state index contributed by atoms with van der Waals surface area (Å²) in [6.45, 7) is 0.571. The van der Waals surface area contributed by atoms with Crippen molar-refractivity contribution in [2.45, 2.75) is 37.6 Å². The van der Waals surface area contributed by atoms with Crippen LogP contribution in [-0.2, 0) is 9.59 Å². The number of aliphatic carboxylic acids is 1. The summed E-state index contributed by atoms with van der Waals surface area (Å²) in [6, 6.07) is 0. The van der Waals surface area contributed by atoms with E-state index in [1.165, 1.54) is 0 Å². The molecule has 86 valence electrons. The molecule has 15 heavy (non-hydrogen) atoms. The average molecular weight is 214 g/mol. The molecule has 0 unspecified atom stereocenters. The summed E-state index contributed by atoms with van der Waals surface area (Å²) in [6.07, 6.45) is 3.17. The van der Waals surface area contributed by atoms with Crippen LogP contribution in [0, 0.1) is 0 Å². The Kier molecular flexibility index (Phi) is 4.08. The van der Waals surface area contributed by atoms with E-state index >= 15 is 0 Å². The predicted octanol–water partition coefficient (Wildman–Crippen LogP) is 0.109. The second-order valence-corrected chi connectivity index (χ2v) is 4.00. The van der Waals surface area contributed by atoms with Gasteiger partial charge in [-0.25, -0.2) is 4.79 Å². The number of carboxylic acid groups (broad SMARTS) is 1. The second-order valence-electron chi connectivity index (χ2n) is 4.00. The van der Waals surface area contributed by atoms with Crippen LogP contribution in [0.4, 0.5) is 0 Å². The van der Waals surface area contributed by atoms with Crippen molar-refractivity contribution in [3.8, 4) is 0 Å². The number of hydrogen-bond donors (Lipinski definition) is 3. The van der Waals surface area contributed by atoms with Gasteiger partial charge in [0, 0.05) is 13.0 Å². The Morgan fingerprint density at radius 3 is 2.40 bits per heavy atom. The van der Waals surface area contributed by atoms with Gasteiger partial charge < -0.3 is 15.7 Å². The number of carbonyl (C=O) groups is 2. The molecule has 0 atom stereocenters. The van der Waals surface area contributed by atoms with Crippen molar-refractivity contribution >= 4 is 11.9 Å². The highest BCUT2D eigenvalue weighted by Crippen LogP contribution is 2.29. The molecule has 5 heteroatoms. The van der Waals surface area contributed by atoms with Gasteiger partial charge in [-0.2, -0.15) is 0 Å². The number of nitrogens with one attached hydrogen (secondary N) is 2. The molecule has 0 aromatic rings.